The highest BCUT2D eigenvalue weighted by Crippen LogP contribution is 2.29. The van der Waals surface area contributed by atoms with Gasteiger partial charge in [-0.25, -0.2) is 4.79 Å². The van der Waals surface area contributed by atoms with Crippen molar-refractivity contribution in [1.29, 1.82) is 0 Å². The molecule has 23 heavy (non-hydrogen) atoms. The van der Waals surface area contributed by atoms with Crippen molar-refractivity contribution < 1.29 is 13.9 Å². The third-order valence-corrected chi connectivity index (χ3v) is 4.06. The predicted molar refractivity (Wildman–Crippen MR) is 89.8 cm³/mol. The van der Waals surface area contributed by atoms with Gasteiger partial charge in [0.05, 0.1) is 17.2 Å². The quantitative estimate of drug-likeness (QED) is 0.640. The molecule has 0 unspecified atom stereocenters. The van der Waals surface area contributed by atoms with Crippen LogP contribution >= 0.6 is 23.2 Å². The molecule has 0 N–H and O–H groups in total. The zero-order chi connectivity index (χ0) is 16.4. The summed E-state index contributed by atoms with van der Waals surface area (Å²) in [7, 11) is 1.52. The molecule has 4 nitrogen and oxygen atoms in total. The molecule has 0 bridgehead atoms. The van der Waals surface area contributed by atoms with Gasteiger partial charge in [-0.15, -0.1) is 0 Å². The van der Waals surface area contributed by atoms with Crippen LogP contribution in [0.2, 0.25) is 10.0 Å². The lowest BCUT2D eigenvalue weighted by molar-refractivity contribution is 0.306. The zero-order valence-electron chi connectivity index (χ0n) is 12.1. The first-order chi connectivity index (χ1) is 11.1. The summed E-state index contributed by atoms with van der Waals surface area (Å²) < 4.78 is 16.2. The maximum Gasteiger partial charge on any atom is 0.336 e. The molecule has 0 aliphatic carbocycles. The van der Waals surface area contributed by atoms with Crippen LogP contribution < -0.4 is 15.1 Å². The Morgan fingerprint density at radius 1 is 1.09 bits per heavy atom. The standard InChI is InChI=1S/C17H12Cl2O4/c1-21-15-4-2-3-12-10(7-16(20)23-17(12)15)9-22-11-5-6-13(18)14(19)8-11/h2-8H,9H2,1H3. The van der Waals surface area contributed by atoms with Crippen molar-refractivity contribution in [1.82, 2.24) is 0 Å². The van der Waals surface area contributed by atoms with Crippen LogP contribution in [0.3, 0.4) is 0 Å². The SMILES string of the molecule is COc1cccc2c(COc3ccc(Cl)c(Cl)c3)cc(=O)oc12. The van der Waals surface area contributed by atoms with E-state index in [9.17, 15) is 4.79 Å². The second kappa shape index (κ2) is 6.52. The van der Waals surface area contributed by atoms with Gasteiger partial charge in [0, 0.05) is 23.1 Å². The second-order valence-corrected chi connectivity index (χ2v) is 5.61. The average molecular weight is 351 g/mol. The predicted octanol–water partition coefficient (Wildman–Crippen LogP) is 4.69. The van der Waals surface area contributed by atoms with E-state index in [1.807, 2.05) is 12.1 Å². The van der Waals surface area contributed by atoms with Gasteiger partial charge in [-0.1, -0.05) is 35.3 Å². The first-order valence-electron chi connectivity index (χ1n) is 6.76. The molecule has 6 heteroatoms. The number of para-hydroxylation sites is 1. The average Bonchev–Trinajstić information content (AvgIpc) is 2.55. The van der Waals surface area contributed by atoms with Crippen LogP contribution in [0.25, 0.3) is 11.0 Å². The Morgan fingerprint density at radius 2 is 1.91 bits per heavy atom. The minimum atomic E-state index is -0.463. The summed E-state index contributed by atoms with van der Waals surface area (Å²) in [6, 6.07) is 11.8. The van der Waals surface area contributed by atoms with Gasteiger partial charge in [0.2, 0.25) is 0 Å². The Labute approximate surface area is 142 Å². The van der Waals surface area contributed by atoms with Crippen LogP contribution in [-0.4, -0.2) is 7.11 Å². The number of fused-ring (bicyclic) bond motifs is 1. The largest absolute Gasteiger partial charge is 0.493 e. The molecule has 1 heterocycles. The molecule has 0 saturated carbocycles. The van der Waals surface area contributed by atoms with Crippen molar-refractivity contribution in [3.05, 3.63) is 68.5 Å². The fraction of sp³-hybridized carbons (Fsp3) is 0.118. The lowest BCUT2D eigenvalue weighted by Gasteiger charge is -2.10. The monoisotopic (exact) mass is 350 g/mol. The smallest absolute Gasteiger partial charge is 0.336 e. The summed E-state index contributed by atoms with van der Waals surface area (Å²) in [4.78, 5) is 11.8. The van der Waals surface area contributed by atoms with Crippen LogP contribution in [0.4, 0.5) is 0 Å². The Balaban J connectivity index is 1.96. The number of benzene rings is 2. The highest BCUT2D eigenvalue weighted by atomic mass is 35.5. The van der Waals surface area contributed by atoms with Crippen molar-refractivity contribution in [3.8, 4) is 11.5 Å². The Bertz CT molecular complexity index is 918. The Morgan fingerprint density at radius 3 is 2.65 bits per heavy atom. The van der Waals surface area contributed by atoms with Gasteiger partial charge in [-0.3, -0.25) is 0 Å². The van der Waals surface area contributed by atoms with Crippen molar-refractivity contribution in [2.75, 3.05) is 7.11 Å². The van der Waals surface area contributed by atoms with E-state index in [1.54, 1.807) is 24.3 Å². The van der Waals surface area contributed by atoms with Gasteiger partial charge >= 0.3 is 5.63 Å². The molecular weight excluding hydrogens is 339 g/mol. The highest BCUT2D eigenvalue weighted by Gasteiger charge is 2.11. The van der Waals surface area contributed by atoms with Gasteiger partial charge in [-0.05, 0) is 18.2 Å². The maximum absolute atomic E-state index is 11.8. The normalized spacial score (nSPS) is 10.7. The first kappa shape index (κ1) is 15.7. The molecule has 0 atom stereocenters. The Hall–Kier alpha value is -2.17. The summed E-state index contributed by atoms with van der Waals surface area (Å²) in [6.07, 6.45) is 0. The van der Waals surface area contributed by atoms with E-state index >= 15 is 0 Å². The molecule has 0 fully saturated rings. The number of ether oxygens (including phenoxy) is 2. The van der Waals surface area contributed by atoms with Gasteiger partial charge in [0.25, 0.3) is 0 Å². The van der Waals surface area contributed by atoms with E-state index in [-0.39, 0.29) is 6.61 Å². The molecule has 1 aromatic heterocycles. The molecule has 0 saturated heterocycles. The molecule has 2 aromatic carbocycles. The van der Waals surface area contributed by atoms with Crippen molar-refractivity contribution >= 4 is 34.2 Å². The van der Waals surface area contributed by atoms with Gasteiger partial charge in [0.15, 0.2) is 11.3 Å². The van der Waals surface area contributed by atoms with Crippen LogP contribution in [0.5, 0.6) is 11.5 Å². The van der Waals surface area contributed by atoms with E-state index in [0.717, 1.165) is 5.39 Å². The summed E-state index contributed by atoms with van der Waals surface area (Å²) >= 11 is 11.8. The maximum atomic E-state index is 11.8. The third kappa shape index (κ3) is 3.28. The van der Waals surface area contributed by atoms with Gasteiger partial charge in [0.1, 0.15) is 12.4 Å². The van der Waals surface area contributed by atoms with Crippen LogP contribution in [-0.2, 0) is 6.61 Å². The molecule has 118 valence electrons. The number of methoxy groups -OCH3 is 1. The highest BCUT2D eigenvalue weighted by molar-refractivity contribution is 6.42. The third-order valence-electron chi connectivity index (χ3n) is 3.32. The van der Waals surface area contributed by atoms with Crippen molar-refractivity contribution in [2.24, 2.45) is 0 Å². The minimum absolute atomic E-state index is 0.188. The van der Waals surface area contributed by atoms with Crippen molar-refractivity contribution in [3.63, 3.8) is 0 Å². The molecular formula is C17H12Cl2O4. The summed E-state index contributed by atoms with van der Waals surface area (Å²) in [5.41, 5.74) is 0.631. The summed E-state index contributed by atoms with van der Waals surface area (Å²) in [5, 5.41) is 1.61. The molecule has 3 rings (SSSR count). The molecule has 0 amide bonds. The van der Waals surface area contributed by atoms with Gasteiger partial charge < -0.3 is 13.9 Å². The van der Waals surface area contributed by atoms with E-state index in [2.05, 4.69) is 0 Å². The summed E-state index contributed by atoms with van der Waals surface area (Å²) in [5.74, 6) is 1.06. The van der Waals surface area contributed by atoms with E-state index < -0.39 is 5.63 Å². The van der Waals surface area contributed by atoms with E-state index in [1.165, 1.54) is 13.2 Å². The summed E-state index contributed by atoms with van der Waals surface area (Å²) in [6.45, 7) is 0.188. The fourth-order valence-electron chi connectivity index (χ4n) is 2.23. The minimum Gasteiger partial charge on any atom is -0.493 e. The molecule has 3 aromatic rings. The number of rotatable bonds is 4. The van der Waals surface area contributed by atoms with Crippen molar-refractivity contribution in [2.45, 2.75) is 6.61 Å². The number of hydrogen-bond donors (Lipinski definition) is 0. The number of hydrogen-bond acceptors (Lipinski definition) is 4. The lowest BCUT2D eigenvalue weighted by atomic mass is 10.1. The molecule has 0 spiro atoms. The fourth-order valence-corrected chi connectivity index (χ4v) is 2.52. The number of halogens is 2. The second-order valence-electron chi connectivity index (χ2n) is 4.79. The topological polar surface area (TPSA) is 48.7 Å². The zero-order valence-corrected chi connectivity index (χ0v) is 13.6. The molecule has 0 aliphatic heterocycles. The van der Waals surface area contributed by atoms with Gasteiger partial charge in [-0.2, -0.15) is 0 Å². The molecule has 0 aliphatic rings. The van der Waals surface area contributed by atoms with Crippen LogP contribution in [0.1, 0.15) is 5.56 Å². The van der Waals surface area contributed by atoms with E-state index in [4.69, 9.17) is 37.1 Å². The lowest BCUT2D eigenvalue weighted by Crippen LogP contribution is -2.04. The van der Waals surface area contributed by atoms with Crippen LogP contribution in [0.15, 0.2) is 51.7 Å². The first-order valence-corrected chi connectivity index (χ1v) is 7.51. The Kier molecular flexibility index (Phi) is 4.46. The van der Waals surface area contributed by atoms with E-state index in [0.29, 0.717) is 32.7 Å². The molecule has 0 radical (unpaired) electrons. The van der Waals surface area contributed by atoms with Crippen LogP contribution in [0, 0.1) is 0 Å².